The van der Waals surface area contributed by atoms with Gasteiger partial charge in [0.05, 0.1) is 5.97 Å². The van der Waals surface area contributed by atoms with E-state index in [2.05, 4.69) is 0 Å². The zero-order chi connectivity index (χ0) is 11.7. The van der Waals surface area contributed by atoms with E-state index in [-0.39, 0.29) is 6.92 Å². The largest absolute Gasteiger partial charge is 0.545 e. The second-order valence-electron chi connectivity index (χ2n) is 2.39. The Morgan fingerprint density at radius 3 is 1.57 bits per heavy atom. The normalized spacial score (nSPS) is 12.5. The molecule has 0 aliphatic carbocycles. The summed E-state index contributed by atoms with van der Waals surface area (Å²) in [6.45, 7) is -0.376. The van der Waals surface area contributed by atoms with Gasteiger partial charge in [-0.05, 0) is 0 Å². The first kappa shape index (κ1) is 12.8. The minimum absolute atomic E-state index is 0.376. The SMILES string of the molecule is CC(F)(F)C(F)(F)C(C(=O)[O-])=C(F)F. The molecular weight excluding hydrogens is 218 g/mol. The first-order chi connectivity index (χ1) is 6.01. The summed E-state index contributed by atoms with van der Waals surface area (Å²) in [6, 6.07) is 0. The Kier molecular flexibility index (Phi) is 3.20. The maximum absolute atomic E-state index is 12.4. The molecule has 0 saturated carbocycles. The van der Waals surface area contributed by atoms with Crippen molar-refractivity contribution in [3.8, 4) is 0 Å². The number of alkyl halides is 4. The molecule has 0 heterocycles. The predicted molar refractivity (Wildman–Crippen MR) is 29.8 cm³/mol. The molecule has 0 bridgehead atoms. The van der Waals surface area contributed by atoms with Gasteiger partial charge in [-0.3, -0.25) is 0 Å². The van der Waals surface area contributed by atoms with Crippen LogP contribution in [0.25, 0.3) is 0 Å². The Bertz CT molecular complexity index is 273. The molecule has 82 valence electrons. The zero-order valence-corrected chi connectivity index (χ0v) is 6.58. The predicted octanol–water partition coefficient (Wildman–Crippen LogP) is 1.18. The van der Waals surface area contributed by atoms with Crippen molar-refractivity contribution in [3.05, 3.63) is 11.7 Å². The third kappa shape index (κ3) is 2.18. The van der Waals surface area contributed by atoms with Gasteiger partial charge in [0.2, 0.25) is 0 Å². The summed E-state index contributed by atoms with van der Waals surface area (Å²) < 4.78 is 72.1. The molecule has 8 heteroatoms. The number of carboxylic acid groups (broad SMARTS) is 1. The van der Waals surface area contributed by atoms with Gasteiger partial charge in [0.25, 0.3) is 6.08 Å². The van der Waals surface area contributed by atoms with Crippen LogP contribution in [0.1, 0.15) is 6.92 Å². The van der Waals surface area contributed by atoms with E-state index in [0.717, 1.165) is 0 Å². The van der Waals surface area contributed by atoms with Crippen LogP contribution < -0.4 is 5.11 Å². The van der Waals surface area contributed by atoms with Crippen LogP contribution in [-0.4, -0.2) is 17.8 Å². The fourth-order valence-corrected chi connectivity index (χ4v) is 0.543. The summed E-state index contributed by atoms with van der Waals surface area (Å²) in [5, 5.41) is 9.77. The quantitative estimate of drug-likeness (QED) is 0.530. The Morgan fingerprint density at radius 1 is 1.14 bits per heavy atom. The van der Waals surface area contributed by atoms with E-state index in [1.54, 1.807) is 0 Å². The van der Waals surface area contributed by atoms with Crippen molar-refractivity contribution in [2.75, 3.05) is 0 Å². The first-order valence-electron chi connectivity index (χ1n) is 3.04. The second kappa shape index (κ2) is 3.50. The maximum Gasteiger partial charge on any atom is 0.341 e. The van der Waals surface area contributed by atoms with E-state index in [1.807, 2.05) is 0 Å². The fraction of sp³-hybridized carbons (Fsp3) is 0.500. The summed E-state index contributed by atoms with van der Waals surface area (Å²) in [5.41, 5.74) is -3.00. The van der Waals surface area contributed by atoms with Crippen LogP contribution in [-0.2, 0) is 4.79 Å². The third-order valence-corrected chi connectivity index (χ3v) is 1.26. The molecular formula is C6H3F6O2-. The number of aliphatic carboxylic acids is 1. The summed E-state index contributed by atoms with van der Waals surface area (Å²) in [7, 11) is 0. The minimum atomic E-state index is -5.47. The second-order valence-corrected chi connectivity index (χ2v) is 2.39. The molecule has 0 saturated heterocycles. The smallest absolute Gasteiger partial charge is 0.341 e. The lowest BCUT2D eigenvalue weighted by atomic mass is 10.1. The molecule has 0 rings (SSSR count). The van der Waals surface area contributed by atoms with E-state index < -0.39 is 29.5 Å². The number of carboxylic acids is 1. The van der Waals surface area contributed by atoms with Gasteiger partial charge in [-0.2, -0.15) is 26.3 Å². The Hall–Kier alpha value is -1.21. The molecule has 0 spiro atoms. The summed E-state index contributed by atoms with van der Waals surface area (Å²) in [4.78, 5) is 9.77. The van der Waals surface area contributed by atoms with Crippen LogP contribution in [0, 0.1) is 0 Å². The lowest BCUT2D eigenvalue weighted by molar-refractivity contribution is -0.305. The molecule has 0 N–H and O–H groups in total. The average Bonchev–Trinajstić information content (AvgIpc) is 1.79. The molecule has 0 aromatic carbocycles. The molecule has 0 aliphatic rings. The highest BCUT2D eigenvalue weighted by Crippen LogP contribution is 2.41. The minimum Gasteiger partial charge on any atom is -0.545 e. The molecule has 0 aromatic rings. The highest BCUT2D eigenvalue weighted by molar-refractivity contribution is 5.87. The van der Waals surface area contributed by atoms with Crippen LogP contribution in [0.5, 0.6) is 0 Å². The van der Waals surface area contributed by atoms with Crippen LogP contribution in [0.4, 0.5) is 26.3 Å². The van der Waals surface area contributed by atoms with Gasteiger partial charge in [0.15, 0.2) is 0 Å². The monoisotopic (exact) mass is 221 g/mol. The van der Waals surface area contributed by atoms with Gasteiger partial charge in [0.1, 0.15) is 5.57 Å². The van der Waals surface area contributed by atoms with E-state index in [0.29, 0.717) is 0 Å². The number of hydrogen-bond acceptors (Lipinski definition) is 2. The van der Waals surface area contributed by atoms with E-state index in [1.165, 1.54) is 0 Å². The van der Waals surface area contributed by atoms with Gasteiger partial charge >= 0.3 is 11.8 Å². The number of carbonyl (C=O) groups is 1. The Labute approximate surface area is 73.8 Å². The van der Waals surface area contributed by atoms with E-state index in [9.17, 15) is 36.2 Å². The van der Waals surface area contributed by atoms with Crippen molar-refractivity contribution in [2.24, 2.45) is 0 Å². The lowest BCUT2D eigenvalue weighted by Gasteiger charge is -2.25. The Morgan fingerprint density at radius 2 is 1.50 bits per heavy atom. The van der Waals surface area contributed by atoms with Gasteiger partial charge in [-0.1, -0.05) is 0 Å². The van der Waals surface area contributed by atoms with Gasteiger partial charge < -0.3 is 9.90 Å². The number of carbonyl (C=O) groups excluding carboxylic acids is 1. The molecule has 0 unspecified atom stereocenters. The van der Waals surface area contributed by atoms with Crippen molar-refractivity contribution in [1.82, 2.24) is 0 Å². The number of hydrogen-bond donors (Lipinski definition) is 0. The highest BCUT2D eigenvalue weighted by Gasteiger charge is 2.57. The van der Waals surface area contributed by atoms with E-state index >= 15 is 0 Å². The van der Waals surface area contributed by atoms with Crippen molar-refractivity contribution < 1.29 is 36.2 Å². The van der Waals surface area contributed by atoms with Gasteiger partial charge in [0, 0.05) is 6.92 Å². The van der Waals surface area contributed by atoms with Crippen molar-refractivity contribution in [3.63, 3.8) is 0 Å². The lowest BCUT2D eigenvalue weighted by Crippen LogP contribution is -2.46. The number of rotatable bonds is 3. The molecule has 0 amide bonds. The van der Waals surface area contributed by atoms with Crippen molar-refractivity contribution in [1.29, 1.82) is 0 Å². The topological polar surface area (TPSA) is 40.1 Å². The highest BCUT2D eigenvalue weighted by atomic mass is 19.3. The van der Waals surface area contributed by atoms with Crippen LogP contribution in [0.3, 0.4) is 0 Å². The van der Waals surface area contributed by atoms with Gasteiger partial charge in [-0.15, -0.1) is 0 Å². The molecule has 2 nitrogen and oxygen atoms in total. The summed E-state index contributed by atoms with van der Waals surface area (Å²) >= 11 is 0. The van der Waals surface area contributed by atoms with Crippen LogP contribution in [0.15, 0.2) is 11.7 Å². The standard InChI is InChI=1S/C6H4F6O2/c1-5(9,10)6(11,12)2(3(7)8)4(13)14/h1H3,(H,13,14)/p-1. The summed E-state index contributed by atoms with van der Waals surface area (Å²) in [6.07, 6.45) is -3.41. The molecule has 14 heavy (non-hydrogen) atoms. The molecule has 0 radical (unpaired) electrons. The summed E-state index contributed by atoms with van der Waals surface area (Å²) in [5.74, 6) is -13.4. The molecule has 0 fully saturated rings. The van der Waals surface area contributed by atoms with Crippen molar-refractivity contribution >= 4 is 5.97 Å². The van der Waals surface area contributed by atoms with E-state index in [4.69, 9.17) is 0 Å². The third-order valence-electron chi connectivity index (χ3n) is 1.26. The van der Waals surface area contributed by atoms with Gasteiger partial charge in [-0.25, -0.2) is 0 Å². The molecule has 0 atom stereocenters. The molecule has 0 aliphatic heterocycles. The zero-order valence-electron chi connectivity index (χ0n) is 6.58. The van der Waals surface area contributed by atoms with Crippen molar-refractivity contribution in [2.45, 2.75) is 18.8 Å². The maximum atomic E-state index is 12.4. The first-order valence-corrected chi connectivity index (χ1v) is 3.04. The molecule has 0 aromatic heterocycles. The Balaban J connectivity index is 5.48. The van der Waals surface area contributed by atoms with Crippen LogP contribution in [0.2, 0.25) is 0 Å². The number of halogens is 6. The average molecular weight is 221 g/mol. The van der Waals surface area contributed by atoms with Crippen LogP contribution >= 0.6 is 0 Å². The fourth-order valence-electron chi connectivity index (χ4n) is 0.543.